The molecule has 1 amide bonds. The molecule has 2 unspecified atom stereocenters. The molecular formula is C25H26N4O2. The van der Waals surface area contributed by atoms with E-state index in [9.17, 15) is 9.59 Å². The molecule has 0 bridgehead atoms. The maximum absolute atomic E-state index is 12.8. The molecule has 31 heavy (non-hydrogen) atoms. The van der Waals surface area contributed by atoms with Crippen LogP contribution in [0.15, 0.2) is 48.8 Å². The normalized spacial score (nSPS) is 18.4. The number of anilines is 1. The molecule has 0 fully saturated rings. The molecular weight excluding hydrogens is 388 g/mol. The average molecular weight is 415 g/mol. The van der Waals surface area contributed by atoms with Gasteiger partial charge in [0.25, 0.3) is 0 Å². The number of ketones is 1. The minimum Gasteiger partial charge on any atom is -0.310 e. The van der Waals surface area contributed by atoms with Crippen molar-refractivity contribution < 1.29 is 9.59 Å². The number of aryl methyl sites for hydroxylation is 3. The van der Waals surface area contributed by atoms with Gasteiger partial charge in [-0.3, -0.25) is 19.6 Å². The van der Waals surface area contributed by atoms with E-state index >= 15 is 0 Å². The molecule has 0 saturated carbocycles. The molecule has 2 atom stereocenters. The van der Waals surface area contributed by atoms with Gasteiger partial charge in [-0.05, 0) is 62.6 Å². The minimum absolute atomic E-state index is 0.00527. The Morgan fingerprint density at radius 3 is 2.55 bits per heavy atom. The molecule has 1 N–H and O–H groups in total. The van der Waals surface area contributed by atoms with Crippen molar-refractivity contribution in [1.82, 2.24) is 15.0 Å². The van der Waals surface area contributed by atoms with Gasteiger partial charge in [0.1, 0.15) is 11.5 Å². The Labute approximate surface area is 182 Å². The van der Waals surface area contributed by atoms with Gasteiger partial charge in [0.2, 0.25) is 5.91 Å². The van der Waals surface area contributed by atoms with Crippen molar-refractivity contribution >= 4 is 17.5 Å². The van der Waals surface area contributed by atoms with Crippen LogP contribution in [0.3, 0.4) is 0 Å². The summed E-state index contributed by atoms with van der Waals surface area (Å²) >= 11 is 0. The van der Waals surface area contributed by atoms with Crippen molar-refractivity contribution in [3.05, 3.63) is 82.6 Å². The second kappa shape index (κ2) is 8.02. The predicted molar refractivity (Wildman–Crippen MR) is 119 cm³/mol. The number of rotatable bonds is 6. The number of Topliss-reactive ketones (excluding diaryl/α,β-unsaturated/α-hetero) is 1. The summed E-state index contributed by atoms with van der Waals surface area (Å²) in [5.74, 6) is 0.419. The third kappa shape index (κ3) is 3.85. The van der Waals surface area contributed by atoms with Crippen LogP contribution in [0.1, 0.15) is 64.8 Å². The van der Waals surface area contributed by atoms with Gasteiger partial charge in [0.05, 0.1) is 5.41 Å². The van der Waals surface area contributed by atoms with Crippen LogP contribution >= 0.6 is 0 Å². The summed E-state index contributed by atoms with van der Waals surface area (Å²) < 4.78 is 0. The molecule has 1 aliphatic rings. The lowest BCUT2D eigenvalue weighted by atomic mass is 9.71. The molecule has 0 aliphatic carbocycles. The standard InChI is InChI=1S/C25H26N4O2/c1-15-12-18(13-16(2)28-15)7-10-22(30)21-9-8-19(14-27-21)17(3)25(4)20-6-5-11-26-23(20)29-24(25)31/h5-6,8-9,11-14,17H,7,10H2,1-4H3,(H,26,29,31). The van der Waals surface area contributed by atoms with Crippen molar-refractivity contribution in [2.24, 2.45) is 0 Å². The zero-order chi connectivity index (χ0) is 22.2. The van der Waals surface area contributed by atoms with Gasteiger partial charge in [-0.2, -0.15) is 0 Å². The predicted octanol–water partition coefficient (Wildman–Crippen LogP) is 4.32. The summed E-state index contributed by atoms with van der Waals surface area (Å²) in [5.41, 5.74) is 4.52. The van der Waals surface area contributed by atoms with Crippen molar-refractivity contribution in [3.8, 4) is 0 Å². The van der Waals surface area contributed by atoms with Gasteiger partial charge in [-0.1, -0.05) is 19.1 Å². The van der Waals surface area contributed by atoms with E-state index in [0.29, 0.717) is 24.4 Å². The first-order valence-electron chi connectivity index (χ1n) is 10.5. The first-order chi connectivity index (χ1) is 14.8. The fourth-order valence-corrected chi connectivity index (χ4v) is 4.32. The van der Waals surface area contributed by atoms with Gasteiger partial charge in [0.15, 0.2) is 5.78 Å². The third-order valence-corrected chi connectivity index (χ3v) is 6.29. The number of carbonyl (C=O) groups excluding carboxylic acids is 2. The first kappa shape index (κ1) is 20.8. The lowest BCUT2D eigenvalue weighted by molar-refractivity contribution is -0.120. The highest BCUT2D eigenvalue weighted by atomic mass is 16.2. The van der Waals surface area contributed by atoms with Crippen molar-refractivity contribution in [1.29, 1.82) is 0 Å². The summed E-state index contributed by atoms with van der Waals surface area (Å²) in [5, 5.41) is 2.88. The van der Waals surface area contributed by atoms with E-state index in [1.54, 1.807) is 18.5 Å². The van der Waals surface area contributed by atoms with Crippen molar-refractivity contribution in [3.63, 3.8) is 0 Å². The van der Waals surface area contributed by atoms with Crippen molar-refractivity contribution in [2.45, 2.75) is 51.9 Å². The van der Waals surface area contributed by atoms with Crippen LogP contribution in [0.4, 0.5) is 5.82 Å². The van der Waals surface area contributed by atoms with Crippen LogP contribution in [0, 0.1) is 13.8 Å². The van der Waals surface area contributed by atoms with E-state index in [0.717, 1.165) is 28.1 Å². The maximum Gasteiger partial charge on any atom is 0.236 e. The summed E-state index contributed by atoms with van der Waals surface area (Å²) in [6, 6.07) is 11.5. The number of amides is 1. The second-order valence-corrected chi connectivity index (χ2v) is 8.44. The topological polar surface area (TPSA) is 84.8 Å². The Morgan fingerprint density at radius 2 is 1.87 bits per heavy atom. The SMILES string of the molecule is Cc1cc(CCC(=O)c2ccc(C(C)C3(C)C(=O)Nc4ncccc43)cn2)cc(C)n1. The molecule has 0 radical (unpaired) electrons. The molecule has 0 saturated heterocycles. The minimum atomic E-state index is -0.742. The molecule has 4 heterocycles. The van der Waals surface area contributed by atoms with Gasteiger partial charge in [0, 0.05) is 41.7 Å². The molecule has 1 aliphatic heterocycles. The smallest absolute Gasteiger partial charge is 0.236 e. The van der Waals surface area contributed by atoms with E-state index in [1.807, 2.05) is 58.0 Å². The fraction of sp³-hybridized carbons (Fsp3) is 0.320. The van der Waals surface area contributed by atoms with Crippen LogP contribution in [0.25, 0.3) is 0 Å². The Balaban J connectivity index is 1.49. The summed E-state index contributed by atoms with van der Waals surface area (Å²) in [7, 11) is 0. The number of pyridine rings is 3. The summed E-state index contributed by atoms with van der Waals surface area (Å²) in [4.78, 5) is 38.5. The third-order valence-electron chi connectivity index (χ3n) is 6.29. The molecule has 158 valence electrons. The van der Waals surface area contributed by atoms with Crippen LogP contribution in [-0.2, 0) is 16.6 Å². The lowest BCUT2D eigenvalue weighted by Gasteiger charge is -2.29. The van der Waals surface area contributed by atoms with Crippen LogP contribution in [0.2, 0.25) is 0 Å². The van der Waals surface area contributed by atoms with E-state index in [-0.39, 0.29) is 17.6 Å². The number of nitrogens with one attached hydrogen (secondary N) is 1. The maximum atomic E-state index is 12.8. The van der Waals surface area contributed by atoms with Gasteiger partial charge in [-0.25, -0.2) is 4.98 Å². The van der Waals surface area contributed by atoms with Gasteiger partial charge < -0.3 is 5.32 Å². The molecule has 6 heteroatoms. The second-order valence-electron chi connectivity index (χ2n) is 8.44. The van der Waals surface area contributed by atoms with Crippen LogP contribution in [-0.4, -0.2) is 26.6 Å². The Bertz CT molecular complexity index is 1140. The number of fused-ring (bicyclic) bond motifs is 1. The fourth-order valence-electron chi connectivity index (χ4n) is 4.32. The summed E-state index contributed by atoms with van der Waals surface area (Å²) in [6.45, 7) is 7.85. The quantitative estimate of drug-likeness (QED) is 0.607. The van der Waals surface area contributed by atoms with Crippen LogP contribution < -0.4 is 5.32 Å². The molecule has 0 aromatic carbocycles. The monoisotopic (exact) mass is 414 g/mol. The Kier molecular flexibility index (Phi) is 5.39. The van der Waals surface area contributed by atoms with E-state index in [2.05, 4.69) is 20.3 Å². The Morgan fingerprint density at radius 1 is 1.13 bits per heavy atom. The van der Waals surface area contributed by atoms with Crippen molar-refractivity contribution in [2.75, 3.05) is 5.32 Å². The molecule has 6 nitrogen and oxygen atoms in total. The van der Waals surface area contributed by atoms with Crippen LogP contribution in [0.5, 0.6) is 0 Å². The highest BCUT2D eigenvalue weighted by Gasteiger charge is 2.47. The first-order valence-corrected chi connectivity index (χ1v) is 10.5. The highest BCUT2D eigenvalue weighted by molar-refractivity contribution is 6.05. The molecule has 3 aromatic heterocycles. The Hall–Kier alpha value is -3.41. The van der Waals surface area contributed by atoms with E-state index in [1.165, 1.54) is 0 Å². The number of carbonyl (C=O) groups is 2. The number of nitrogens with zero attached hydrogens (tertiary/aromatic N) is 3. The number of aromatic nitrogens is 3. The molecule has 3 aromatic rings. The number of hydrogen-bond acceptors (Lipinski definition) is 5. The largest absolute Gasteiger partial charge is 0.310 e. The molecule has 0 spiro atoms. The lowest BCUT2D eigenvalue weighted by Crippen LogP contribution is -2.36. The van der Waals surface area contributed by atoms with Gasteiger partial charge in [-0.15, -0.1) is 0 Å². The van der Waals surface area contributed by atoms with Gasteiger partial charge >= 0.3 is 0 Å². The number of hydrogen-bond donors (Lipinski definition) is 1. The molecule has 4 rings (SSSR count). The average Bonchev–Trinajstić information content (AvgIpc) is 3.02. The van der Waals surface area contributed by atoms with E-state index < -0.39 is 5.41 Å². The highest BCUT2D eigenvalue weighted by Crippen LogP contribution is 2.45. The van der Waals surface area contributed by atoms with E-state index in [4.69, 9.17) is 0 Å². The summed E-state index contributed by atoms with van der Waals surface area (Å²) in [6.07, 6.45) is 4.44. The zero-order valence-corrected chi connectivity index (χ0v) is 18.3. The zero-order valence-electron chi connectivity index (χ0n) is 18.3.